The zero-order valence-corrected chi connectivity index (χ0v) is 73.9. The number of carbonyl (C=O) groups excluding carboxylic acids is 1. The standard InChI is InChI=1S/C20H15N3O3S2.C19H17N3O3S.C18H15N3O4S.C17H12N4O6S2.C16H13ClN2O3/c24-19-10-5-14-3-1-2-4-17(14)18(19)13-22-15-6-8-16(9-7-15)28(25,26)23-20-21-11-12-27-20;1-13(20)22-26(24,25)16-9-7-15(8-10-16)21-12-18-17-5-3-2-4-14(17)6-11-19(18)23;22-26(23,21-18-2-1-9-19-18)15-6-4-14(5-7-15)20-11-13-3-8-16-17(10-13)25-12-24-16;22-21(23)14-8-16-15(26-10-27-16)7-11(14)9-19-12-1-3-13(4-2-12)29(24,25)20-17-18-5-6-28-17;17-14-10-12(19(21)22)7-8-13(14)16(20)18-9-3-5-11-4-1-2-6-15(11)18/h1-13,24H,(H,21,23);2-12,23H,1H3,(H2,20,22);1,3-11H,2,12H2,(H,19,21);1-9H,10H2,(H,18,20);1-2,4,6-8,10H,3,5,9H2. The average Bonchev–Trinajstić information content (AvgIpc) is 1.86. The SMILES string of the molecule is CC(N)=NS(=O)(=O)c1ccc(N=Cc2c(O)ccc3ccccc23)cc1.O=C(c1ccc([N+](=O)[O-])cc1Cl)N1CCCc2ccccc21.O=S(=O)(N=C1CC=CN1)c1ccc(N=Cc2ccc3c(c2)OCO3)cc1.O=S(=O)(Nc1nccs1)c1ccc(N=Cc2c(O)ccc3ccccc23)cc1.O=[N+]([O-])c1cc2c(cc1C=Nc1ccc(S(=O)(=O)Nc3nccs3)cc1)OCO2. The van der Waals surface area contributed by atoms with Crippen molar-refractivity contribution in [3.8, 4) is 34.5 Å². The van der Waals surface area contributed by atoms with E-state index in [2.05, 4.69) is 53.5 Å². The predicted octanol–water partition coefficient (Wildman–Crippen LogP) is 17.8. The van der Waals surface area contributed by atoms with E-state index in [1.807, 2.05) is 109 Å². The first kappa shape index (κ1) is 91.7. The first-order chi connectivity index (χ1) is 63.0. The fourth-order valence-electron chi connectivity index (χ4n) is 12.9. The number of para-hydroxylation sites is 1. The molecule has 14 aromatic rings. The van der Waals surface area contributed by atoms with Gasteiger partial charge in [0.1, 0.15) is 23.2 Å². The van der Waals surface area contributed by atoms with Crippen molar-refractivity contribution in [3.63, 3.8) is 0 Å². The Balaban J connectivity index is 0.000000132. The van der Waals surface area contributed by atoms with Crippen LogP contribution in [-0.2, 0) is 46.5 Å². The minimum absolute atomic E-state index is 0.00194. The Morgan fingerprint density at radius 1 is 0.550 bits per heavy atom. The number of aryl methyl sites for hydroxylation is 1. The van der Waals surface area contributed by atoms with E-state index in [0.29, 0.717) is 80.8 Å². The molecule has 12 aromatic carbocycles. The molecule has 34 nitrogen and oxygen atoms in total. The molecule has 0 unspecified atom stereocenters. The van der Waals surface area contributed by atoms with E-state index < -0.39 is 49.9 Å². The number of nitrogens with one attached hydrogen (secondary N) is 3. The Bertz CT molecular complexity index is 7350. The number of amidine groups is 2. The number of nitrogens with zero attached hydrogens (tertiary/aromatic N) is 11. The molecule has 0 saturated carbocycles. The first-order valence-electron chi connectivity index (χ1n) is 39.0. The number of halogens is 1. The van der Waals surface area contributed by atoms with Crippen molar-refractivity contribution in [2.45, 2.75) is 45.8 Å². The second kappa shape index (κ2) is 41.1. The highest BCUT2D eigenvalue weighted by molar-refractivity contribution is 7.93. The number of phenolic OH excluding ortho intramolecular Hbond substituents is 2. The van der Waals surface area contributed by atoms with Crippen LogP contribution in [-0.4, -0.2) is 126 Å². The number of benzene rings is 12. The third kappa shape index (κ3) is 23.5. The van der Waals surface area contributed by atoms with E-state index in [1.54, 1.807) is 89.0 Å². The molecular weight excluding hydrogens is 1820 g/mol. The molecular formula is C90H72ClN15O19S6. The number of aromatic hydroxyl groups is 2. The zero-order valence-electron chi connectivity index (χ0n) is 68.3. The van der Waals surface area contributed by atoms with Crippen molar-refractivity contribution in [1.82, 2.24) is 15.3 Å². The van der Waals surface area contributed by atoms with Crippen molar-refractivity contribution in [2.75, 3.05) is 34.5 Å². The number of ether oxygens (including phenoxy) is 4. The molecule has 18 rings (SSSR count). The van der Waals surface area contributed by atoms with Crippen LogP contribution in [0.4, 0.5) is 50.1 Å². The number of hydrogen-bond acceptors (Lipinski definition) is 27. The van der Waals surface area contributed by atoms with Crippen LogP contribution in [0.1, 0.15) is 57.9 Å². The van der Waals surface area contributed by atoms with E-state index in [9.17, 15) is 68.9 Å². The van der Waals surface area contributed by atoms with Crippen LogP contribution < -0.4 is 44.3 Å². The number of anilines is 3. The number of amides is 1. The van der Waals surface area contributed by atoms with Crippen LogP contribution in [0.25, 0.3) is 21.5 Å². The zero-order chi connectivity index (χ0) is 92.4. The predicted molar refractivity (Wildman–Crippen MR) is 504 cm³/mol. The number of nitro benzene ring substituents is 2. The van der Waals surface area contributed by atoms with Gasteiger partial charge in [0, 0.05) is 89.9 Å². The summed E-state index contributed by atoms with van der Waals surface area (Å²) in [7, 11) is -15.0. The summed E-state index contributed by atoms with van der Waals surface area (Å²) in [5, 5.41) is 52.9. The Morgan fingerprint density at radius 2 is 1.04 bits per heavy atom. The maximum Gasteiger partial charge on any atom is 0.283 e. The normalized spacial score (nSPS) is 13.6. The van der Waals surface area contributed by atoms with Gasteiger partial charge in [-0.05, 0) is 204 Å². The van der Waals surface area contributed by atoms with Crippen LogP contribution in [0.5, 0.6) is 34.5 Å². The van der Waals surface area contributed by atoms with Gasteiger partial charge < -0.3 is 45.1 Å². The number of non-ortho nitro benzene ring substituents is 1. The molecule has 664 valence electrons. The molecule has 1 amide bonds. The topological polar surface area (TPSA) is 483 Å². The third-order valence-electron chi connectivity index (χ3n) is 19.2. The molecule has 0 atom stereocenters. The number of aromatic nitrogens is 2. The molecule has 0 spiro atoms. The van der Waals surface area contributed by atoms with Gasteiger partial charge in [0.15, 0.2) is 33.3 Å². The molecule has 0 fully saturated rings. The quantitative estimate of drug-likeness (QED) is 0.0168. The Labute approximate surface area is 761 Å². The number of thiazole rings is 2. The molecule has 4 aliphatic rings. The van der Waals surface area contributed by atoms with E-state index in [-0.39, 0.29) is 89.1 Å². The van der Waals surface area contributed by atoms with Crippen molar-refractivity contribution in [3.05, 3.63) is 337 Å². The van der Waals surface area contributed by atoms with E-state index in [0.717, 1.165) is 51.2 Å². The maximum atomic E-state index is 12.7. The lowest BCUT2D eigenvalue weighted by Gasteiger charge is -2.29. The molecule has 0 aliphatic carbocycles. The third-order valence-corrected chi connectivity index (χ3v) is 26.6. The number of nitrogens with two attached hydrogens (primary N) is 1. The van der Waals surface area contributed by atoms with Gasteiger partial charge in [-0.1, -0.05) is 96.5 Å². The Morgan fingerprint density at radius 3 is 1.54 bits per heavy atom. The molecule has 6 heterocycles. The number of hydrogen-bond donors (Lipinski definition) is 6. The van der Waals surface area contributed by atoms with E-state index >= 15 is 0 Å². The molecule has 2 aromatic heterocycles. The number of sulfonamides is 4. The van der Waals surface area contributed by atoms with Gasteiger partial charge in [0.25, 0.3) is 57.4 Å². The smallest absolute Gasteiger partial charge is 0.283 e. The number of fused-ring (bicyclic) bond motifs is 5. The molecule has 131 heavy (non-hydrogen) atoms. The Hall–Kier alpha value is -15.5. The summed E-state index contributed by atoms with van der Waals surface area (Å²) in [4.78, 5) is 60.8. The van der Waals surface area contributed by atoms with Gasteiger partial charge in [-0.25, -0.2) is 26.8 Å². The molecule has 4 aliphatic heterocycles. The van der Waals surface area contributed by atoms with E-state index in [4.69, 9.17) is 36.3 Å². The van der Waals surface area contributed by atoms with Crippen LogP contribution in [0.2, 0.25) is 5.02 Å². The Kier molecular flexibility index (Phi) is 28.8. The monoisotopic (exact) mass is 1890 g/mol. The van der Waals surface area contributed by atoms with E-state index in [1.165, 1.54) is 139 Å². The number of phenols is 2. The molecule has 0 bridgehead atoms. The first-order valence-corrected chi connectivity index (χ1v) is 46.9. The van der Waals surface area contributed by atoms with Crippen molar-refractivity contribution in [1.29, 1.82) is 0 Å². The van der Waals surface area contributed by atoms with Crippen LogP contribution >= 0.6 is 34.3 Å². The lowest BCUT2D eigenvalue weighted by Crippen LogP contribution is -2.35. The average molecular weight is 1900 g/mol. The van der Waals surface area contributed by atoms with Gasteiger partial charge in [0.05, 0.1) is 74.4 Å². The number of aliphatic imine (C=N–C) groups is 4. The number of carbonyl (C=O) groups is 1. The van der Waals surface area contributed by atoms with Crippen molar-refractivity contribution >= 4 is 188 Å². The minimum Gasteiger partial charge on any atom is -0.507 e. The highest BCUT2D eigenvalue weighted by Crippen LogP contribution is 2.40. The summed E-state index contributed by atoms with van der Waals surface area (Å²) in [6, 6.07) is 66.4. The van der Waals surface area contributed by atoms with Crippen molar-refractivity contribution in [2.24, 2.45) is 34.5 Å². The lowest BCUT2D eigenvalue weighted by atomic mass is 10.0. The second-order valence-corrected chi connectivity index (χ2v) is 36.8. The number of rotatable bonds is 21. The molecule has 7 N–H and O–H groups in total. The largest absolute Gasteiger partial charge is 0.507 e. The summed E-state index contributed by atoms with van der Waals surface area (Å²) in [6.45, 7) is 2.25. The minimum atomic E-state index is -3.81. The summed E-state index contributed by atoms with van der Waals surface area (Å²) in [5.74, 6) is 2.51. The summed E-state index contributed by atoms with van der Waals surface area (Å²) < 4.78 is 131. The molecule has 0 saturated heterocycles. The summed E-state index contributed by atoms with van der Waals surface area (Å²) in [5.41, 5.74) is 11.8. The van der Waals surface area contributed by atoms with Gasteiger partial charge in [-0.2, -0.15) is 16.8 Å². The lowest BCUT2D eigenvalue weighted by molar-refractivity contribution is -0.385. The highest BCUT2D eigenvalue weighted by Gasteiger charge is 2.28. The van der Waals surface area contributed by atoms with Gasteiger partial charge >= 0.3 is 0 Å². The summed E-state index contributed by atoms with van der Waals surface area (Å²) >= 11 is 8.44. The number of nitro groups is 2. The fourth-order valence-corrected chi connectivity index (χ4v) is 18.7. The van der Waals surface area contributed by atoms with Crippen LogP contribution in [0.15, 0.2) is 326 Å². The fraction of sp³-hybridized carbons (Fsp3) is 0.0778. The molecule has 41 heteroatoms. The van der Waals surface area contributed by atoms with Crippen LogP contribution in [0.3, 0.4) is 0 Å². The van der Waals surface area contributed by atoms with Gasteiger partial charge in [-0.3, -0.25) is 54.4 Å². The van der Waals surface area contributed by atoms with Crippen LogP contribution in [0, 0.1) is 20.2 Å². The molecule has 0 radical (unpaired) electrons. The summed E-state index contributed by atoms with van der Waals surface area (Å²) in [6.07, 6.45) is 14.9. The van der Waals surface area contributed by atoms with Crippen molar-refractivity contribution < 1.29 is 77.5 Å². The highest BCUT2D eigenvalue weighted by atomic mass is 35.5. The maximum absolute atomic E-state index is 12.7. The van der Waals surface area contributed by atoms with Gasteiger partial charge in [0.2, 0.25) is 13.6 Å². The second-order valence-electron chi connectivity index (χ2n) is 28.0. The van der Waals surface area contributed by atoms with Gasteiger partial charge in [-0.15, -0.1) is 31.5 Å².